The van der Waals surface area contributed by atoms with E-state index < -0.39 is 5.60 Å². The summed E-state index contributed by atoms with van der Waals surface area (Å²) in [7, 11) is 0. The number of nitrogens with zero attached hydrogens (tertiary/aromatic N) is 5. The van der Waals surface area contributed by atoms with Gasteiger partial charge in [-0.3, -0.25) is 14.5 Å². The van der Waals surface area contributed by atoms with Crippen molar-refractivity contribution in [3.05, 3.63) is 34.6 Å². The highest BCUT2D eigenvalue weighted by molar-refractivity contribution is 5.77. The fourth-order valence-electron chi connectivity index (χ4n) is 3.30. The Kier molecular flexibility index (Phi) is 7.21. The zero-order valence-electron chi connectivity index (χ0n) is 18.3. The lowest BCUT2D eigenvalue weighted by Gasteiger charge is -2.35. The molecule has 10 heteroatoms. The van der Waals surface area contributed by atoms with Crippen LogP contribution in [0.15, 0.2) is 29.1 Å². The minimum atomic E-state index is -0.498. The number of carbonyl (C=O) groups excluding carboxylic acids is 2. The van der Waals surface area contributed by atoms with E-state index in [4.69, 9.17) is 4.74 Å². The van der Waals surface area contributed by atoms with Crippen LogP contribution in [0.2, 0.25) is 0 Å². The summed E-state index contributed by atoms with van der Waals surface area (Å²) in [4.78, 5) is 40.6. The lowest BCUT2D eigenvalue weighted by molar-refractivity contribution is -0.121. The molecule has 1 aromatic heterocycles. The molecule has 168 valence electrons. The smallest absolute Gasteiger partial charge is 0.410 e. The summed E-state index contributed by atoms with van der Waals surface area (Å²) in [5.74, 6) is -0.144. The van der Waals surface area contributed by atoms with Crippen LogP contribution in [-0.2, 0) is 16.1 Å². The number of aromatic nitrogens is 3. The van der Waals surface area contributed by atoms with Crippen LogP contribution >= 0.6 is 0 Å². The van der Waals surface area contributed by atoms with Gasteiger partial charge in [0.25, 0.3) is 5.56 Å². The molecule has 3 rings (SSSR count). The summed E-state index contributed by atoms with van der Waals surface area (Å²) in [6.45, 7) is 9.61. The molecule has 2 heterocycles. The molecule has 31 heavy (non-hydrogen) atoms. The van der Waals surface area contributed by atoms with Gasteiger partial charge in [-0.15, -0.1) is 5.10 Å². The van der Waals surface area contributed by atoms with Gasteiger partial charge in [-0.2, -0.15) is 0 Å². The van der Waals surface area contributed by atoms with Gasteiger partial charge in [-0.1, -0.05) is 17.3 Å². The summed E-state index contributed by atoms with van der Waals surface area (Å²) in [5, 5.41) is 11.3. The van der Waals surface area contributed by atoms with Crippen LogP contribution in [0, 0.1) is 0 Å². The zero-order chi connectivity index (χ0) is 22.4. The lowest BCUT2D eigenvalue weighted by Crippen LogP contribution is -2.51. The highest BCUT2D eigenvalue weighted by Gasteiger charge is 2.25. The lowest BCUT2D eigenvalue weighted by atomic mass is 10.2. The maximum atomic E-state index is 12.4. The molecule has 1 aliphatic heterocycles. The molecule has 1 N–H and O–H groups in total. The second-order valence-electron chi connectivity index (χ2n) is 8.54. The van der Waals surface area contributed by atoms with E-state index in [1.165, 1.54) is 4.68 Å². The van der Waals surface area contributed by atoms with E-state index in [9.17, 15) is 14.4 Å². The van der Waals surface area contributed by atoms with Gasteiger partial charge in [0, 0.05) is 45.7 Å². The minimum absolute atomic E-state index is 0.144. The first-order valence-electron chi connectivity index (χ1n) is 10.5. The Morgan fingerprint density at radius 1 is 1.10 bits per heavy atom. The number of hydrogen-bond acceptors (Lipinski definition) is 7. The summed E-state index contributed by atoms with van der Waals surface area (Å²) in [5.41, 5.74) is -0.205. The molecule has 1 aromatic carbocycles. The van der Waals surface area contributed by atoms with Gasteiger partial charge < -0.3 is 15.0 Å². The third-order valence-electron chi connectivity index (χ3n) is 4.95. The maximum Gasteiger partial charge on any atom is 0.410 e. The molecule has 0 saturated carbocycles. The number of piperazine rings is 1. The van der Waals surface area contributed by atoms with Gasteiger partial charge in [0.15, 0.2) is 0 Å². The van der Waals surface area contributed by atoms with Crippen molar-refractivity contribution in [2.45, 2.75) is 39.3 Å². The predicted molar refractivity (Wildman–Crippen MR) is 116 cm³/mol. The highest BCUT2D eigenvalue weighted by atomic mass is 16.6. The molecule has 0 spiro atoms. The third kappa shape index (κ3) is 6.48. The quantitative estimate of drug-likeness (QED) is 0.723. The first kappa shape index (κ1) is 22.7. The Morgan fingerprint density at radius 2 is 1.81 bits per heavy atom. The van der Waals surface area contributed by atoms with Crippen molar-refractivity contribution in [3.63, 3.8) is 0 Å². The van der Waals surface area contributed by atoms with Gasteiger partial charge in [0.2, 0.25) is 5.91 Å². The Labute approximate surface area is 181 Å². The second kappa shape index (κ2) is 9.86. The van der Waals surface area contributed by atoms with E-state index in [0.717, 1.165) is 13.1 Å². The van der Waals surface area contributed by atoms with Crippen LogP contribution in [0.1, 0.15) is 27.2 Å². The molecule has 2 aromatic rings. The number of carbonyl (C=O) groups is 2. The van der Waals surface area contributed by atoms with Crippen LogP contribution in [-0.4, -0.2) is 81.7 Å². The highest BCUT2D eigenvalue weighted by Crippen LogP contribution is 2.11. The molecule has 0 atom stereocenters. The number of rotatable bonds is 6. The topological polar surface area (TPSA) is 110 Å². The molecule has 0 aliphatic carbocycles. The number of benzene rings is 1. The molecule has 0 bridgehead atoms. The van der Waals surface area contributed by atoms with Crippen LogP contribution in [0.5, 0.6) is 0 Å². The van der Waals surface area contributed by atoms with Crippen molar-refractivity contribution in [2.75, 3.05) is 39.3 Å². The average molecular weight is 431 g/mol. The summed E-state index contributed by atoms with van der Waals surface area (Å²) < 4.78 is 6.62. The van der Waals surface area contributed by atoms with E-state index >= 15 is 0 Å². The van der Waals surface area contributed by atoms with Crippen LogP contribution < -0.4 is 10.9 Å². The average Bonchev–Trinajstić information content (AvgIpc) is 2.73. The molecular formula is C21H30N6O4. The van der Waals surface area contributed by atoms with Crippen molar-refractivity contribution >= 4 is 22.9 Å². The van der Waals surface area contributed by atoms with Gasteiger partial charge in [-0.25, -0.2) is 9.48 Å². The number of nitrogens with one attached hydrogen (secondary N) is 1. The number of amides is 2. The molecule has 1 aliphatic rings. The fraction of sp³-hybridized carbons (Fsp3) is 0.571. The number of hydrogen-bond donors (Lipinski definition) is 1. The first-order valence-corrected chi connectivity index (χ1v) is 10.5. The molecule has 10 nitrogen and oxygen atoms in total. The van der Waals surface area contributed by atoms with E-state index in [-0.39, 0.29) is 30.5 Å². The largest absolute Gasteiger partial charge is 0.444 e. The molecule has 1 fully saturated rings. The van der Waals surface area contributed by atoms with Crippen molar-refractivity contribution in [1.29, 1.82) is 0 Å². The number of aryl methyl sites for hydroxylation is 1. The molecule has 2 amide bonds. The second-order valence-corrected chi connectivity index (χ2v) is 8.54. The Hall–Kier alpha value is -3.01. The van der Waals surface area contributed by atoms with Crippen molar-refractivity contribution < 1.29 is 14.3 Å². The van der Waals surface area contributed by atoms with Gasteiger partial charge in [0.05, 0.1) is 11.9 Å². The first-order chi connectivity index (χ1) is 14.7. The minimum Gasteiger partial charge on any atom is -0.444 e. The van der Waals surface area contributed by atoms with E-state index in [1.807, 2.05) is 20.8 Å². The van der Waals surface area contributed by atoms with Crippen LogP contribution in [0.3, 0.4) is 0 Å². The number of ether oxygens (including phenoxy) is 1. The predicted octanol–water partition coefficient (Wildman–Crippen LogP) is 0.851. The SMILES string of the molecule is CC(C)(C)OC(=O)N1CCN(CCNC(=O)CCn2nnc3ccccc3c2=O)CC1. The normalized spacial score (nSPS) is 15.1. The van der Waals surface area contributed by atoms with Gasteiger partial charge in [-0.05, 0) is 32.9 Å². The van der Waals surface area contributed by atoms with Crippen molar-refractivity contribution in [3.8, 4) is 0 Å². The molecular weight excluding hydrogens is 400 g/mol. The standard InChI is InChI=1S/C21H30N6O4/c1-21(2,3)31-20(30)26-14-12-25(13-15-26)11-9-22-18(28)8-10-27-19(29)16-6-4-5-7-17(16)23-24-27/h4-7H,8-15H2,1-3H3,(H,22,28). The van der Waals surface area contributed by atoms with Crippen molar-refractivity contribution in [1.82, 2.24) is 30.1 Å². The molecule has 1 saturated heterocycles. The van der Waals surface area contributed by atoms with Gasteiger partial charge >= 0.3 is 6.09 Å². The van der Waals surface area contributed by atoms with Crippen molar-refractivity contribution in [2.24, 2.45) is 0 Å². The number of fused-ring (bicyclic) bond motifs is 1. The molecule has 0 unspecified atom stereocenters. The van der Waals surface area contributed by atoms with Crippen LogP contribution in [0.25, 0.3) is 10.9 Å². The Bertz CT molecular complexity index is 976. The summed E-state index contributed by atoms with van der Waals surface area (Å²) >= 11 is 0. The van der Waals surface area contributed by atoms with Crippen LogP contribution in [0.4, 0.5) is 4.79 Å². The zero-order valence-corrected chi connectivity index (χ0v) is 18.3. The van der Waals surface area contributed by atoms with Gasteiger partial charge in [0.1, 0.15) is 11.1 Å². The molecule has 0 radical (unpaired) electrons. The monoisotopic (exact) mass is 430 g/mol. The Balaban J connectivity index is 1.36. The van der Waals surface area contributed by atoms with E-state index in [0.29, 0.717) is 37.1 Å². The third-order valence-corrected chi connectivity index (χ3v) is 4.95. The maximum absolute atomic E-state index is 12.4. The summed E-state index contributed by atoms with van der Waals surface area (Å²) in [6.07, 6.45) is -0.133. The van der Waals surface area contributed by atoms with E-state index in [2.05, 4.69) is 20.5 Å². The Morgan fingerprint density at radius 3 is 2.52 bits per heavy atom. The fourth-order valence-corrected chi connectivity index (χ4v) is 3.30. The summed E-state index contributed by atoms with van der Waals surface area (Å²) in [6, 6.07) is 7.00. The van der Waals surface area contributed by atoms with E-state index in [1.54, 1.807) is 29.2 Å².